The molecule has 0 fully saturated rings. The molecule has 0 aromatic heterocycles. The van der Waals surface area contributed by atoms with E-state index in [1.54, 1.807) is 23.1 Å². The van der Waals surface area contributed by atoms with E-state index >= 15 is 0 Å². The quantitative estimate of drug-likeness (QED) is 0.574. The second-order valence-electron chi connectivity index (χ2n) is 3.66. The van der Waals surface area contributed by atoms with E-state index in [0.29, 0.717) is 23.6 Å². The van der Waals surface area contributed by atoms with Crippen molar-refractivity contribution in [2.75, 3.05) is 13.3 Å². The smallest absolute Gasteiger partial charge is 0.308 e. The van der Waals surface area contributed by atoms with Crippen LogP contribution in [0.25, 0.3) is 0 Å². The standard InChI is InChI=1S/C12H13NO4/c1-3-13-7-16-11-9(12(13)15)5-4-6-10(11)17-8(2)14/h4-6H,3,7H2,1-2H3. The third kappa shape index (κ3) is 2.08. The number of nitrogens with zero attached hydrogens (tertiary/aromatic N) is 1. The van der Waals surface area contributed by atoms with Gasteiger partial charge in [0.2, 0.25) is 0 Å². The average molecular weight is 235 g/mol. The van der Waals surface area contributed by atoms with Gasteiger partial charge in [-0.2, -0.15) is 0 Å². The lowest BCUT2D eigenvalue weighted by Crippen LogP contribution is -2.38. The molecule has 0 unspecified atom stereocenters. The Balaban J connectivity index is 2.40. The normalized spacial score (nSPS) is 14.0. The third-order valence-corrected chi connectivity index (χ3v) is 2.50. The molecule has 1 heterocycles. The van der Waals surface area contributed by atoms with Gasteiger partial charge in [-0.05, 0) is 19.1 Å². The highest BCUT2D eigenvalue weighted by Crippen LogP contribution is 2.34. The SMILES string of the molecule is CCN1COc2c(OC(C)=O)cccc2C1=O. The minimum absolute atomic E-state index is 0.109. The summed E-state index contributed by atoms with van der Waals surface area (Å²) in [6.07, 6.45) is 0. The molecule has 0 N–H and O–H groups in total. The molecule has 17 heavy (non-hydrogen) atoms. The molecule has 1 aliphatic rings. The fourth-order valence-electron chi connectivity index (χ4n) is 1.67. The van der Waals surface area contributed by atoms with Gasteiger partial charge in [0.15, 0.2) is 18.2 Å². The van der Waals surface area contributed by atoms with Crippen LogP contribution in [0, 0.1) is 0 Å². The summed E-state index contributed by atoms with van der Waals surface area (Å²) < 4.78 is 10.5. The Kier molecular flexibility index (Phi) is 2.99. The molecular formula is C12H13NO4. The van der Waals surface area contributed by atoms with Crippen LogP contribution in [0.3, 0.4) is 0 Å². The van der Waals surface area contributed by atoms with E-state index in [2.05, 4.69) is 0 Å². The van der Waals surface area contributed by atoms with Gasteiger partial charge in [-0.1, -0.05) is 6.07 Å². The Morgan fingerprint density at radius 2 is 2.29 bits per heavy atom. The van der Waals surface area contributed by atoms with Crippen LogP contribution in [-0.4, -0.2) is 30.1 Å². The zero-order valence-electron chi connectivity index (χ0n) is 9.73. The number of ether oxygens (including phenoxy) is 2. The van der Waals surface area contributed by atoms with Gasteiger partial charge in [0.05, 0.1) is 5.56 Å². The van der Waals surface area contributed by atoms with Crippen molar-refractivity contribution >= 4 is 11.9 Å². The fraction of sp³-hybridized carbons (Fsp3) is 0.333. The Bertz CT molecular complexity index is 470. The van der Waals surface area contributed by atoms with Crippen molar-refractivity contribution in [1.82, 2.24) is 4.90 Å². The van der Waals surface area contributed by atoms with Crippen molar-refractivity contribution in [3.05, 3.63) is 23.8 Å². The van der Waals surface area contributed by atoms with Gasteiger partial charge in [0.25, 0.3) is 5.91 Å². The molecule has 0 saturated carbocycles. The number of benzene rings is 1. The Labute approximate surface area is 98.9 Å². The van der Waals surface area contributed by atoms with Crippen LogP contribution >= 0.6 is 0 Å². The molecule has 5 nitrogen and oxygen atoms in total. The molecular weight excluding hydrogens is 222 g/mol. The Morgan fingerprint density at radius 1 is 1.53 bits per heavy atom. The number of para-hydroxylation sites is 1. The minimum atomic E-state index is -0.438. The Hall–Kier alpha value is -2.04. The zero-order chi connectivity index (χ0) is 12.4. The fourth-order valence-corrected chi connectivity index (χ4v) is 1.67. The van der Waals surface area contributed by atoms with Crippen LogP contribution in [0.1, 0.15) is 24.2 Å². The van der Waals surface area contributed by atoms with Crippen LogP contribution in [0.2, 0.25) is 0 Å². The van der Waals surface area contributed by atoms with E-state index in [1.165, 1.54) is 6.92 Å². The number of rotatable bonds is 2. The molecule has 0 radical (unpaired) electrons. The molecule has 0 atom stereocenters. The molecule has 5 heteroatoms. The second kappa shape index (κ2) is 4.45. The van der Waals surface area contributed by atoms with E-state index in [-0.39, 0.29) is 12.6 Å². The predicted octanol–water partition coefficient (Wildman–Crippen LogP) is 1.42. The maximum Gasteiger partial charge on any atom is 0.308 e. The van der Waals surface area contributed by atoms with Crippen molar-refractivity contribution < 1.29 is 19.1 Å². The number of amides is 1. The summed E-state index contributed by atoms with van der Waals surface area (Å²) >= 11 is 0. The lowest BCUT2D eigenvalue weighted by Gasteiger charge is -2.28. The summed E-state index contributed by atoms with van der Waals surface area (Å²) in [6, 6.07) is 4.93. The maximum atomic E-state index is 12.0. The van der Waals surface area contributed by atoms with Gasteiger partial charge in [-0.3, -0.25) is 9.59 Å². The van der Waals surface area contributed by atoms with E-state index in [0.717, 1.165) is 0 Å². The molecule has 1 aliphatic heterocycles. The summed E-state index contributed by atoms with van der Waals surface area (Å²) in [5.41, 5.74) is 0.428. The van der Waals surface area contributed by atoms with Crippen LogP contribution in [0.15, 0.2) is 18.2 Å². The van der Waals surface area contributed by atoms with Crippen molar-refractivity contribution in [2.45, 2.75) is 13.8 Å². The zero-order valence-corrected chi connectivity index (χ0v) is 9.73. The second-order valence-corrected chi connectivity index (χ2v) is 3.66. The first-order chi connectivity index (χ1) is 8.13. The Morgan fingerprint density at radius 3 is 2.94 bits per heavy atom. The van der Waals surface area contributed by atoms with Crippen molar-refractivity contribution in [3.8, 4) is 11.5 Å². The molecule has 1 aromatic rings. The predicted molar refractivity (Wildman–Crippen MR) is 60.0 cm³/mol. The van der Waals surface area contributed by atoms with E-state index in [4.69, 9.17) is 9.47 Å². The van der Waals surface area contributed by atoms with Crippen LogP contribution in [0.4, 0.5) is 0 Å². The van der Waals surface area contributed by atoms with Gasteiger partial charge in [-0.25, -0.2) is 0 Å². The number of hydrogen-bond acceptors (Lipinski definition) is 4. The lowest BCUT2D eigenvalue weighted by atomic mass is 10.1. The number of esters is 1. The minimum Gasteiger partial charge on any atom is -0.468 e. The summed E-state index contributed by atoms with van der Waals surface area (Å²) in [6.45, 7) is 3.95. The van der Waals surface area contributed by atoms with Gasteiger partial charge >= 0.3 is 5.97 Å². The molecule has 0 saturated heterocycles. The lowest BCUT2D eigenvalue weighted by molar-refractivity contribution is -0.132. The first-order valence-electron chi connectivity index (χ1n) is 5.37. The monoisotopic (exact) mass is 235 g/mol. The summed E-state index contributed by atoms with van der Waals surface area (Å²) in [4.78, 5) is 24.5. The molecule has 1 aromatic carbocycles. The van der Waals surface area contributed by atoms with Crippen molar-refractivity contribution in [3.63, 3.8) is 0 Å². The number of carbonyl (C=O) groups is 2. The molecule has 0 spiro atoms. The highest BCUT2D eigenvalue weighted by atomic mass is 16.6. The first-order valence-corrected chi connectivity index (χ1v) is 5.37. The van der Waals surface area contributed by atoms with Crippen molar-refractivity contribution in [1.29, 1.82) is 0 Å². The summed E-state index contributed by atoms with van der Waals surface area (Å²) in [5, 5.41) is 0. The van der Waals surface area contributed by atoms with Gasteiger partial charge in [0, 0.05) is 13.5 Å². The molecule has 90 valence electrons. The first kappa shape index (κ1) is 11.4. The molecule has 0 bridgehead atoms. The average Bonchev–Trinajstić information content (AvgIpc) is 2.30. The number of hydrogen-bond donors (Lipinski definition) is 0. The highest BCUT2D eigenvalue weighted by molar-refractivity contribution is 5.98. The summed E-state index contributed by atoms with van der Waals surface area (Å²) in [5.74, 6) is 0.0895. The topological polar surface area (TPSA) is 55.8 Å². The molecule has 1 amide bonds. The van der Waals surface area contributed by atoms with Crippen LogP contribution < -0.4 is 9.47 Å². The molecule has 2 rings (SSSR count). The van der Waals surface area contributed by atoms with Crippen LogP contribution in [0.5, 0.6) is 11.5 Å². The van der Waals surface area contributed by atoms with E-state index in [9.17, 15) is 9.59 Å². The maximum absolute atomic E-state index is 12.0. The van der Waals surface area contributed by atoms with Crippen molar-refractivity contribution in [2.24, 2.45) is 0 Å². The third-order valence-electron chi connectivity index (χ3n) is 2.50. The molecule has 0 aliphatic carbocycles. The largest absolute Gasteiger partial charge is 0.468 e. The number of fused-ring (bicyclic) bond motifs is 1. The van der Waals surface area contributed by atoms with Crippen LogP contribution in [-0.2, 0) is 4.79 Å². The van der Waals surface area contributed by atoms with Gasteiger partial charge in [-0.15, -0.1) is 0 Å². The highest BCUT2D eigenvalue weighted by Gasteiger charge is 2.27. The van der Waals surface area contributed by atoms with Gasteiger partial charge in [0.1, 0.15) is 0 Å². The summed E-state index contributed by atoms with van der Waals surface area (Å²) in [7, 11) is 0. The van der Waals surface area contributed by atoms with Gasteiger partial charge < -0.3 is 14.4 Å². The van der Waals surface area contributed by atoms with E-state index < -0.39 is 5.97 Å². The van der Waals surface area contributed by atoms with E-state index in [1.807, 2.05) is 6.92 Å². The number of carbonyl (C=O) groups excluding carboxylic acids is 2.